The largest absolute Gasteiger partial charge is 0.496 e. The molecule has 1 aromatic carbocycles. The molecular formula is C18H18N2O2S2. The van der Waals surface area contributed by atoms with Gasteiger partial charge in [-0.3, -0.25) is 14.7 Å². The zero-order chi connectivity index (χ0) is 17.1. The molecule has 6 heteroatoms. The number of benzene rings is 1. The van der Waals surface area contributed by atoms with Crippen LogP contribution >= 0.6 is 24.0 Å². The highest BCUT2D eigenvalue weighted by molar-refractivity contribution is 8.24. The maximum atomic E-state index is 12.7. The number of thiocarbonyl (C=S) groups is 1. The normalized spacial score (nSPS) is 17.4. The Balaban J connectivity index is 1.71. The number of hydrogen-bond donors (Lipinski definition) is 0. The molecule has 0 aliphatic carbocycles. The van der Waals surface area contributed by atoms with Gasteiger partial charge in [0, 0.05) is 12.4 Å². The van der Waals surface area contributed by atoms with Crippen LogP contribution in [0, 0.1) is 6.92 Å². The summed E-state index contributed by atoms with van der Waals surface area (Å²) in [6, 6.07) is 9.84. The first-order valence-electron chi connectivity index (χ1n) is 7.63. The van der Waals surface area contributed by atoms with Gasteiger partial charge in [-0.25, -0.2) is 0 Å². The predicted octanol–water partition coefficient (Wildman–Crippen LogP) is 3.37. The Kier molecular flexibility index (Phi) is 5.16. The summed E-state index contributed by atoms with van der Waals surface area (Å²) in [5.74, 6) is 0.931. The lowest BCUT2D eigenvalue weighted by atomic mass is 10.1. The summed E-state index contributed by atoms with van der Waals surface area (Å²) in [7, 11) is 1.66. The Bertz CT molecular complexity index is 765. The molecule has 1 saturated heterocycles. The van der Waals surface area contributed by atoms with Gasteiger partial charge in [-0.2, -0.15) is 0 Å². The third-order valence-corrected chi connectivity index (χ3v) is 5.53. The van der Waals surface area contributed by atoms with Crippen LogP contribution in [0.2, 0.25) is 0 Å². The van der Waals surface area contributed by atoms with Crippen LogP contribution in [-0.2, 0) is 17.8 Å². The molecule has 0 bridgehead atoms. The molecule has 1 aromatic heterocycles. The van der Waals surface area contributed by atoms with Gasteiger partial charge in [0.2, 0.25) is 5.91 Å². The second-order valence-corrected chi connectivity index (χ2v) is 7.50. The average molecular weight is 358 g/mol. The fourth-order valence-electron chi connectivity index (χ4n) is 2.73. The molecule has 1 amide bonds. The number of ether oxygens (including phenoxy) is 1. The van der Waals surface area contributed by atoms with Crippen molar-refractivity contribution in [2.75, 3.05) is 7.11 Å². The molecule has 0 N–H and O–H groups in total. The number of carbonyl (C=O) groups is 1. The molecule has 0 saturated carbocycles. The Hall–Kier alpha value is -1.92. The summed E-state index contributed by atoms with van der Waals surface area (Å²) >= 11 is 6.87. The number of carbonyl (C=O) groups excluding carboxylic acids is 1. The SMILES string of the molecule is COc1ccc(C[C@H]2SC(=S)N(Cc3cccnc3)C2=O)cc1C. The van der Waals surface area contributed by atoms with E-state index in [2.05, 4.69) is 11.1 Å². The first-order valence-corrected chi connectivity index (χ1v) is 8.91. The summed E-state index contributed by atoms with van der Waals surface area (Å²) in [5, 5.41) is -0.165. The van der Waals surface area contributed by atoms with Crippen molar-refractivity contribution in [1.82, 2.24) is 9.88 Å². The molecule has 1 atom stereocenters. The topological polar surface area (TPSA) is 42.4 Å². The van der Waals surface area contributed by atoms with Gasteiger partial charge in [-0.05, 0) is 42.2 Å². The van der Waals surface area contributed by atoms with E-state index in [1.54, 1.807) is 24.4 Å². The van der Waals surface area contributed by atoms with Crippen molar-refractivity contribution in [3.63, 3.8) is 0 Å². The van der Waals surface area contributed by atoms with Gasteiger partial charge in [-0.15, -0.1) is 0 Å². The number of methoxy groups -OCH3 is 1. The minimum atomic E-state index is -0.165. The summed E-state index contributed by atoms with van der Waals surface area (Å²) < 4.78 is 5.92. The van der Waals surface area contributed by atoms with Crippen LogP contribution in [0.3, 0.4) is 0 Å². The maximum Gasteiger partial charge on any atom is 0.242 e. The molecule has 3 rings (SSSR count). The van der Waals surface area contributed by atoms with Gasteiger partial charge in [0.25, 0.3) is 0 Å². The highest BCUT2D eigenvalue weighted by Crippen LogP contribution is 2.32. The smallest absolute Gasteiger partial charge is 0.242 e. The van der Waals surface area contributed by atoms with Crippen molar-refractivity contribution in [3.05, 3.63) is 59.4 Å². The number of thioether (sulfide) groups is 1. The third-order valence-electron chi connectivity index (χ3n) is 3.95. The second kappa shape index (κ2) is 7.32. The number of aryl methyl sites for hydroxylation is 1. The van der Waals surface area contributed by atoms with Crippen LogP contribution in [0.5, 0.6) is 5.75 Å². The summed E-state index contributed by atoms with van der Waals surface area (Å²) in [6.45, 7) is 2.49. The molecule has 24 heavy (non-hydrogen) atoms. The van der Waals surface area contributed by atoms with Crippen molar-refractivity contribution in [2.45, 2.75) is 25.1 Å². The number of hydrogen-bond acceptors (Lipinski definition) is 5. The monoisotopic (exact) mass is 358 g/mol. The minimum absolute atomic E-state index is 0.0716. The van der Waals surface area contributed by atoms with Gasteiger partial charge in [-0.1, -0.05) is 42.2 Å². The van der Waals surface area contributed by atoms with Crippen LogP contribution in [0.4, 0.5) is 0 Å². The van der Waals surface area contributed by atoms with Crippen molar-refractivity contribution in [2.24, 2.45) is 0 Å². The van der Waals surface area contributed by atoms with Crippen molar-refractivity contribution in [1.29, 1.82) is 0 Å². The standard InChI is InChI=1S/C18H18N2O2S2/c1-12-8-13(5-6-15(12)22-2)9-16-17(21)20(18(23)24-16)11-14-4-3-7-19-10-14/h3-8,10,16H,9,11H2,1-2H3/t16-/m1/s1. The summed E-state index contributed by atoms with van der Waals surface area (Å²) in [4.78, 5) is 18.5. The molecule has 0 radical (unpaired) electrons. The lowest BCUT2D eigenvalue weighted by Crippen LogP contribution is -2.31. The van der Waals surface area contributed by atoms with Gasteiger partial charge >= 0.3 is 0 Å². The second-order valence-electron chi connectivity index (χ2n) is 5.67. The van der Waals surface area contributed by atoms with Crippen LogP contribution in [0.1, 0.15) is 16.7 Å². The predicted molar refractivity (Wildman–Crippen MR) is 100 cm³/mol. The lowest BCUT2D eigenvalue weighted by molar-refractivity contribution is -0.126. The van der Waals surface area contributed by atoms with E-state index in [-0.39, 0.29) is 11.2 Å². The zero-order valence-electron chi connectivity index (χ0n) is 13.6. The van der Waals surface area contributed by atoms with Gasteiger partial charge in [0.05, 0.1) is 18.9 Å². The number of rotatable bonds is 5. The Morgan fingerprint density at radius 1 is 1.33 bits per heavy atom. The van der Waals surface area contributed by atoms with Crippen LogP contribution in [0.15, 0.2) is 42.7 Å². The van der Waals surface area contributed by atoms with E-state index in [9.17, 15) is 4.79 Å². The van der Waals surface area contributed by atoms with E-state index in [4.69, 9.17) is 17.0 Å². The van der Waals surface area contributed by atoms with Crippen molar-refractivity contribution >= 4 is 34.2 Å². The maximum absolute atomic E-state index is 12.7. The lowest BCUT2D eigenvalue weighted by Gasteiger charge is -2.15. The molecule has 1 fully saturated rings. The van der Waals surface area contributed by atoms with E-state index in [0.29, 0.717) is 17.3 Å². The Morgan fingerprint density at radius 3 is 2.83 bits per heavy atom. The Morgan fingerprint density at radius 2 is 2.17 bits per heavy atom. The van der Waals surface area contributed by atoms with E-state index in [0.717, 1.165) is 22.4 Å². The number of amides is 1. The quantitative estimate of drug-likeness (QED) is 0.767. The van der Waals surface area contributed by atoms with Gasteiger partial charge in [0.15, 0.2) is 0 Å². The van der Waals surface area contributed by atoms with Crippen LogP contribution in [-0.4, -0.2) is 32.5 Å². The van der Waals surface area contributed by atoms with Gasteiger partial charge in [0.1, 0.15) is 10.1 Å². The van der Waals surface area contributed by atoms with E-state index in [1.165, 1.54) is 11.8 Å². The molecule has 4 nitrogen and oxygen atoms in total. The highest BCUT2D eigenvalue weighted by Gasteiger charge is 2.36. The van der Waals surface area contributed by atoms with E-state index < -0.39 is 0 Å². The third kappa shape index (κ3) is 3.60. The number of aromatic nitrogens is 1. The molecule has 2 heterocycles. The minimum Gasteiger partial charge on any atom is -0.496 e. The molecule has 0 spiro atoms. The first-order chi connectivity index (χ1) is 11.6. The van der Waals surface area contributed by atoms with Gasteiger partial charge < -0.3 is 4.74 Å². The molecule has 0 unspecified atom stereocenters. The fourth-order valence-corrected chi connectivity index (χ4v) is 4.26. The van der Waals surface area contributed by atoms with Crippen LogP contribution in [0.25, 0.3) is 0 Å². The molecule has 1 aliphatic heterocycles. The van der Waals surface area contributed by atoms with E-state index >= 15 is 0 Å². The summed E-state index contributed by atoms with van der Waals surface area (Å²) in [6.07, 6.45) is 4.15. The summed E-state index contributed by atoms with van der Waals surface area (Å²) in [5.41, 5.74) is 3.17. The Labute approximate surface area is 151 Å². The molecule has 124 valence electrons. The number of nitrogens with zero attached hydrogens (tertiary/aromatic N) is 2. The number of pyridine rings is 1. The molecular weight excluding hydrogens is 340 g/mol. The average Bonchev–Trinajstić information content (AvgIpc) is 2.84. The highest BCUT2D eigenvalue weighted by atomic mass is 32.2. The molecule has 1 aliphatic rings. The fraction of sp³-hybridized carbons (Fsp3) is 0.278. The van der Waals surface area contributed by atoms with Crippen molar-refractivity contribution < 1.29 is 9.53 Å². The zero-order valence-corrected chi connectivity index (χ0v) is 15.2. The first kappa shape index (κ1) is 16.9. The van der Waals surface area contributed by atoms with E-state index in [1.807, 2.05) is 31.2 Å². The van der Waals surface area contributed by atoms with Crippen molar-refractivity contribution in [3.8, 4) is 5.75 Å². The molecule has 2 aromatic rings. The van der Waals surface area contributed by atoms with Crippen LogP contribution < -0.4 is 4.74 Å².